The molecule has 178 valence electrons. The first kappa shape index (κ1) is 23.8. The van der Waals surface area contributed by atoms with Crippen molar-refractivity contribution in [3.8, 4) is 11.5 Å². The van der Waals surface area contributed by atoms with Crippen molar-refractivity contribution in [3.05, 3.63) is 64.8 Å². The molecule has 2 aromatic carbocycles. The van der Waals surface area contributed by atoms with Crippen LogP contribution in [-0.2, 0) is 6.54 Å². The molecule has 0 saturated heterocycles. The Morgan fingerprint density at radius 3 is 2.65 bits per heavy atom. The van der Waals surface area contributed by atoms with Crippen molar-refractivity contribution in [2.24, 2.45) is 0 Å². The third kappa shape index (κ3) is 4.92. The molecule has 0 spiro atoms. The molecular formula is C28H32N2O4. The molecule has 1 N–H and O–H groups in total. The number of fused-ring (bicyclic) bond motifs is 2. The molecule has 3 aromatic rings. The molecule has 0 saturated carbocycles. The number of carboxylic acid groups (broad SMARTS) is 1. The summed E-state index contributed by atoms with van der Waals surface area (Å²) in [6.45, 7) is 9.47. The zero-order chi connectivity index (χ0) is 24.1. The number of hydrogen-bond acceptors (Lipinski definition) is 5. The Bertz CT molecular complexity index is 1220. The molecule has 0 unspecified atom stereocenters. The van der Waals surface area contributed by atoms with Gasteiger partial charge in [0.15, 0.2) is 11.5 Å². The van der Waals surface area contributed by atoms with Crippen LogP contribution < -0.4 is 9.47 Å². The molecule has 0 atom stereocenters. The second kappa shape index (κ2) is 10.7. The van der Waals surface area contributed by atoms with Gasteiger partial charge in [-0.1, -0.05) is 44.5 Å². The zero-order valence-electron chi connectivity index (χ0n) is 20.1. The number of benzene rings is 2. The fraction of sp³-hybridized carbons (Fsp3) is 0.357. The molecule has 6 heteroatoms. The van der Waals surface area contributed by atoms with Gasteiger partial charge >= 0.3 is 5.97 Å². The lowest BCUT2D eigenvalue weighted by Crippen LogP contribution is -2.31. The van der Waals surface area contributed by atoms with E-state index in [2.05, 4.69) is 24.8 Å². The van der Waals surface area contributed by atoms with Crippen molar-refractivity contribution >= 4 is 28.5 Å². The summed E-state index contributed by atoms with van der Waals surface area (Å²) < 4.78 is 11.8. The summed E-state index contributed by atoms with van der Waals surface area (Å²) in [6.07, 6.45) is 4.15. The number of para-hydroxylation sites is 1. The van der Waals surface area contributed by atoms with Gasteiger partial charge in [0.1, 0.15) is 0 Å². The lowest BCUT2D eigenvalue weighted by Gasteiger charge is -2.30. The molecule has 2 heterocycles. The third-order valence-electron chi connectivity index (χ3n) is 6.10. The monoisotopic (exact) mass is 460 g/mol. The van der Waals surface area contributed by atoms with Crippen LogP contribution in [0.15, 0.2) is 42.5 Å². The first-order valence-electron chi connectivity index (χ1n) is 12.0. The Labute approximate surface area is 200 Å². The number of carboxylic acids is 1. The molecule has 4 rings (SSSR count). The van der Waals surface area contributed by atoms with Gasteiger partial charge in [-0.3, -0.25) is 4.90 Å². The van der Waals surface area contributed by atoms with Gasteiger partial charge in [-0.05, 0) is 55.3 Å². The Kier molecular flexibility index (Phi) is 7.48. The van der Waals surface area contributed by atoms with E-state index in [1.54, 1.807) is 0 Å². The van der Waals surface area contributed by atoms with Crippen molar-refractivity contribution in [2.75, 3.05) is 26.3 Å². The molecule has 6 nitrogen and oxygen atoms in total. The van der Waals surface area contributed by atoms with Gasteiger partial charge in [-0.2, -0.15) is 0 Å². The molecule has 0 amide bonds. The van der Waals surface area contributed by atoms with E-state index in [9.17, 15) is 9.90 Å². The molecule has 1 aromatic heterocycles. The minimum atomic E-state index is -0.917. The van der Waals surface area contributed by atoms with Crippen molar-refractivity contribution in [3.63, 3.8) is 0 Å². The highest BCUT2D eigenvalue weighted by Gasteiger charge is 2.28. The minimum absolute atomic E-state index is 0.347. The fourth-order valence-electron chi connectivity index (χ4n) is 4.38. The van der Waals surface area contributed by atoms with Gasteiger partial charge in [0.05, 0.1) is 30.0 Å². The minimum Gasteiger partial charge on any atom is -0.490 e. The Morgan fingerprint density at radius 1 is 1.09 bits per heavy atom. The van der Waals surface area contributed by atoms with Crippen LogP contribution in [0.1, 0.15) is 60.8 Å². The number of ether oxygens (including phenoxy) is 2. The molecule has 0 fully saturated rings. The van der Waals surface area contributed by atoms with E-state index in [0.29, 0.717) is 48.5 Å². The van der Waals surface area contributed by atoms with Gasteiger partial charge in [0.2, 0.25) is 0 Å². The highest BCUT2D eigenvalue weighted by Crippen LogP contribution is 2.35. The van der Waals surface area contributed by atoms with Crippen LogP contribution >= 0.6 is 0 Å². The molecule has 0 aliphatic carbocycles. The second-order valence-electron chi connectivity index (χ2n) is 8.45. The normalized spacial score (nSPS) is 14.9. The zero-order valence-corrected chi connectivity index (χ0v) is 20.1. The average molecular weight is 461 g/mol. The van der Waals surface area contributed by atoms with E-state index in [1.165, 1.54) is 0 Å². The number of hydrogen-bond donors (Lipinski definition) is 1. The van der Waals surface area contributed by atoms with Gasteiger partial charge < -0.3 is 14.6 Å². The molecule has 1 aliphatic heterocycles. The van der Waals surface area contributed by atoms with Gasteiger partial charge in [-0.25, -0.2) is 9.78 Å². The van der Waals surface area contributed by atoms with Crippen LogP contribution in [0, 0.1) is 0 Å². The Balaban J connectivity index is 1.82. The van der Waals surface area contributed by atoms with Gasteiger partial charge in [0, 0.05) is 24.0 Å². The number of unbranched alkanes of at least 4 members (excludes halogenated alkanes) is 1. The van der Waals surface area contributed by atoms with Crippen molar-refractivity contribution < 1.29 is 19.4 Å². The smallest absolute Gasteiger partial charge is 0.336 e. The van der Waals surface area contributed by atoms with Crippen LogP contribution in [0.5, 0.6) is 11.5 Å². The van der Waals surface area contributed by atoms with E-state index >= 15 is 0 Å². The summed E-state index contributed by atoms with van der Waals surface area (Å²) in [4.78, 5) is 19.5. The number of pyridine rings is 1. The fourth-order valence-corrected chi connectivity index (χ4v) is 4.38. The SMILES string of the molecule is CCCCOc1ccc(/C=C2\CN(CC)Cc3c2nc2ccccc2c3C(=O)O)cc1OCC. The molecular weight excluding hydrogens is 428 g/mol. The maximum absolute atomic E-state index is 12.3. The van der Waals surface area contributed by atoms with Crippen LogP contribution in [-0.4, -0.2) is 47.3 Å². The highest BCUT2D eigenvalue weighted by atomic mass is 16.5. The molecule has 34 heavy (non-hydrogen) atoms. The van der Waals surface area contributed by atoms with Crippen molar-refractivity contribution in [1.82, 2.24) is 9.88 Å². The number of aromatic carboxylic acids is 1. The Morgan fingerprint density at radius 2 is 1.91 bits per heavy atom. The predicted octanol–water partition coefficient (Wildman–Crippen LogP) is 5.89. The van der Waals surface area contributed by atoms with E-state index < -0.39 is 5.97 Å². The summed E-state index contributed by atoms with van der Waals surface area (Å²) in [6, 6.07) is 13.4. The van der Waals surface area contributed by atoms with Crippen LogP contribution in [0.3, 0.4) is 0 Å². The topological polar surface area (TPSA) is 71.9 Å². The van der Waals surface area contributed by atoms with Crippen molar-refractivity contribution in [1.29, 1.82) is 0 Å². The number of nitrogens with zero attached hydrogens (tertiary/aromatic N) is 2. The quantitative estimate of drug-likeness (QED) is 0.402. The average Bonchev–Trinajstić information content (AvgIpc) is 2.84. The summed E-state index contributed by atoms with van der Waals surface area (Å²) >= 11 is 0. The standard InChI is InChI=1S/C28H32N2O4/c1-4-7-14-34-24-13-12-19(16-25(24)33-6-3)15-20-17-30(5-2)18-22-26(28(31)32)21-10-8-9-11-23(21)29-27(20)22/h8-13,15-16H,4-7,14,17-18H2,1-3H3,(H,31,32)/b20-15+. The summed E-state index contributed by atoms with van der Waals surface area (Å²) in [5.74, 6) is 0.544. The summed E-state index contributed by atoms with van der Waals surface area (Å²) in [5, 5.41) is 10.8. The third-order valence-corrected chi connectivity index (χ3v) is 6.10. The van der Waals surface area contributed by atoms with E-state index in [4.69, 9.17) is 14.5 Å². The molecule has 0 bridgehead atoms. The number of rotatable bonds is 9. The Hall–Kier alpha value is -3.38. The van der Waals surface area contributed by atoms with Gasteiger partial charge in [0.25, 0.3) is 0 Å². The van der Waals surface area contributed by atoms with Crippen molar-refractivity contribution in [2.45, 2.75) is 40.2 Å². The second-order valence-corrected chi connectivity index (χ2v) is 8.45. The van der Waals surface area contributed by atoms with Crippen LogP contribution in [0.4, 0.5) is 0 Å². The number of aromatic nitrogens is 1. The molecule has 0 radical (unpaired) electrons. The van der Waals surface area contributed by atoms with Crippen LogP contribution in [0.25, 0.3) is 22.6 Å². The highest BCUT2D eigenvalue weighted by molar-refractivity contribution is 6.06. The predicted molar refractivity (Wildman–Crippen MR) is 136 cm³/mol. The lowest BCUT2D eigenvalue weighted by atomic mass is 9.92. The summed E-state index contributed by atoms with van der Waals surface area (Å²) in [7, 11) is 0. The van der Waals surface area contributed by atoms with Crippen LogP contribution in [0.2, 0.25) is 0 Å². The largest absolute Gasteiger partial charge is 0.490 e. The number of likely N-dealkylation sites (N-methyl/N-ethyl adjacent to an activating group) is 1. The lowest BCUT2D eigenvalue weighted by molar-refractivity contribution is 0.0696. The molecule has 1 aliphatic rings. The maximum atomic E-state index is 12.3. The van der Waals surface area contributed by atoms with Gasteiger partial charge in [-0.15, -0.1) is 0 Å². The first-order chi connectivity index (χ1) is 16.5. The van der Waals surface area contributed by atoms with E-state index in [1.807, 2.05) is 49.4 Å². The summed E-state index contributed by atoms with van der Waals surface area (Å²) in [5.41, 5.74) is 4.55. The first-order valence-corrected chi connectivity index (χ1v) is 12.0. The van der Waals surface area contributed by atoms with E-state index in [0.717, 1.165) is 47.5 Å². The maximum Gasteiger partial charge on any atom is 0.336 e. The number of carbonyl (C=O) groups is 1. The van der Waals surface area contributed by atoms with E-state index in [-0.39, 0.29) is 0 Å².